The lowest BCUT2D eigenvalue weighted by Gasteiger charge is -2.27. The van der Waals surface area contributed by atoms with Gasteiger partial charge < -0.3 is 10.6 Å². The number of amides is 2. The van der Waals surface area contributed by atoms with Gasteiger partial charge in [0.2, 0.25) is 5.91 Å². The van der Waals surface area contributed by atoms with Gasteiger partial charge in [0.1, 0.15) is 0 Å². The number of amidine groups is 1. The molecule has 20 heavy (non-hydrogen) atoms. The number of nitrogens with zero attached hydrogens (tertiary/aromatic N) is 1. The van der Waals surface area contributed by atoms with Crippen LogP contribution in [0.4, 0.5) is 0 Å². The van der Waals surface area contributed by atoms with Crippen LogP contribution in [0.3, 0.4) is 0 Å². The van der Waals surface area contributed by atoms with Crippen molar-refractivity contribution in [1.82, 2.24) is 10.6 Å². The number of aliphatic imine (C=N–C) groups is 1. The molecule has 0 aromatic carbocycles. The van der Waals surface area contributed by atoms with E-state index in [2.05, 4.69) is 10.6 Å². The molecule has 108 valence electrons. The van der Waals surface area contributed by atoms with E-state index in [4.69, 9.17) is 4.99 Å². The summed E-state index contributed by atoms with van der Waals surface area (Å²) in [5.74, 6) is 1.20. The van der Waals surface area contributed by atoms with Crippen molar-refractivity contribution < 1.29 is 9.59 Å². The summed E-state index contributed by atoms with van der Waals surface area (Å²) in [6.45, 7) is 0.674. The number of rotatable bonds is 1. The van der Waals surface area contributed by atoms with Gasteiger partial charge in [0.15, 0.2) is 9.91 Å². The molecule has 2 amide bonds. The summed E-state index contributed by atoms with van der Waals surface area (Å²) in [6.07, 6.45) is 6.54. The SMILES string of the molecule is O=C1NCCCC12SC(=N[C@@H]1C[C@@H]3CC[C@@H]1C3)NC2=O. The van der Waals surface area contributed by atoms with Crippen molar-refractivity contribution in [2.45, 2.75) is 49.3 Å². The lowest BCUT2D eigenvalue weighted by Crippen LogP contribution is -2.53. The minimum absolute atomic E-state index is 0.149. The zero-order valence-corrected chi connectivity index (χ0v) is 12.2. The lowest BCUT2D eigenvalue weighted by atomic mass is 9.96. The molecule has 2 saturated carbocycles. The van der Waals surface area contributed by atoms with Crippen LogP contribution in [0, 0.1) is 11.8 Å². The Balaban J connectivity index is 1.54. The highest BCUT2D eigenvalue weighted by molar-refractivity contribution is 8.17. The van der Waals surface area contributed by atoms with Crippen molar-refractivity contribution in [3.8, 4) is 0 Å². The van der Waals surface area contributed by atoms with Crippen LogP contribution in [0.1, 0.15) is 38.5 Å². The first-order valence-electron chi connectivity index (χ1n) is 7.54. The van der Waals surface area contributed by atoms with Crippen LogP contribution in [-0.4, -0.2) is 34.3 Å². The molecule has 4 aliphatic rings. The number of piperidine rings is 1. The maximum absolute atomic E-state index is 12.2. The van der Waals surface area contributed by atoms with E-state index in [1.54, 1.807) is 0 Å². The molecule has 0 aromatic heterocycles. The predicted molar refractivity (Wildman–Crippen MR) is 77.4 cm³/mol. The van der Waals surface area contributed by atoms with Crippen molar-refractivity contribution >= 4 is 28.7 Å². The summed E-state index contributed by atoms with van der Waals surface area (Å²) in [6, 6.07) is 0.360. The largest absolute Gasteiger partial charge is 0.354 e. The van der Waals surface area contributed by atoms with Gasteiger partial charge in [0.05, 0.1) is 6.04 Å². The van der Waals surface area contributed by atoms with E-state index in [9.17, 15) is 9.59 Å². The Morgan fingerprint density at radius 1 is 1.20 bits per heavy atom. The maximum Gasteiger partial charge on any atom is 0.252 e. The zero-order chi connectivity index (χ0) is 13.7. The first-order valence-corrected chi connectivity index (χ1v) is 8.35. The molecule has 1 unspecified atom stereocenters. The molecule has 2 bridgehead atoms. The Morgan fingerprint density at radius 2 is 2.10 bits per heavy atom. The summed E-state index contributed by atoms with van der Waals surface area (Å²) < 4.78 is -0.950. The van der Waals surface area contributed by atoms with Crippen LogP contribution >= 0.6 is 11.8 Å². The van der Waals surface area contributed by atoms with Crippen molar-refractivity contribution in [3.05, 3.63) is 0 Å². The van der Waals surface area contributed by atoms with Crippen molar-refractivity contribution in [2.75, 3.05) is 6.54 Å². The van der Waals surface area contributed by atoms with E-state index in [0.717, 1.165) is 18.8 Å². The van der Waals surface area contributed by atoms with Crippen LogP contribution in [0.15, 0.2) is 4.99 Å². The van der Waals surface area contributed by atoms with E-state index in [0.29, 0.717) is 30.1 Å². The number of hydrogen-bond acceptors (Lipinski definition) is 4. The molecule has 4 rings (SSSR count). The van der Waals surface area contributed by atoms with Crippen LogP contribution in [0.25, 0.3) is 0 Å². The smallest absolute Gasteiger partial charge is 0.252 e. The van der Waals surface area contributed by atoms with E-state index < -0.39 is 4.75 Å². The average molecular weight is 293 g/mol. The summed E-state index contributed by atoms with van der Waals surface area (Å²) >= 11 is 1.34. The number of carbonyl (C=O) groups is 2. The number of fused-ring (bicyclic) bond motifs is 2. The molecule has 5 nitrogen and oxygen atoms in total. The fourth-order valence-electron chi connectivity index (χ4n) is 4.12. The molecule has 2 aliphatic heterocycles. The molecule has 6 heteroatoms. The van der Waals surface area contributed by atoms with Crippen molar-refractivity contribution in [1.29, 1.82) is 0 Å². The fourth-order valence-corrected chi connectivity index (χ4v) is 5.34. The Morgan fingerprint density at radius 3 is 2.80 bits per heavy atom. The third-order valence-corrected chi connectivity index (χ3v) is 6.52. The van der Waals surface area contributed by atoms with Gasteiger partial charge in [-0.25, -0.2) is 0 Å². The first kappa shape index (κ1) is 12.7. The second kappa shape index (κ2) is 4.48. The summed E-state index contributed by atoms with van der Waals surface area (Å²) in [5, 5.41) is 6.33. The van der Waals surface area contributed by atoms with Gasteiger partial charge in [-0.15, -0.1) is 0 Å². The number of thioether (sulfide) groups is 1. The van der Waals surface area contributed by atoms with E-state index >= 15 is 0 Å². The van der Waals surface area contributed by atoms with Crippen LogP contribution in [0.2, 0.25) is 0 Å². The van der Waals surface area contributed by atoms with Gasteiger partial charge in [-0.1, -0.05) is 18.2 Å². The van der Waals surface area contributed by atoms with Crippen molar-refractivity contribution in [2.24, 2.45) is 16.8 Å². The second-order valence-corrected chi connectivity index (χ2v) is 7.71. The third kappa shape index (κ3) is 1.80. The fraction of sp³-hybridized carbons (Fsp3) is 0.786. The minimum Gasteiger partial charge on any atom is -0.354 e. The molecule has 0 aromatic rings. The molecular formula is C14H19N3O2S. The number of carbonyl (C=O) groups excluding carboxylic acids is 2. The van der Waals surface area contributed by atoms with E-state index in [-0.39, 0.29) is 11.8 Å². The number of nitrogens with one attached hydrogen (secondary N) is 2. The lowest BCUT2D eigenvalue weighted by molar-refractivity contribution is -0.133. The molecular weight excluding hydrogens is 274 g/mol. The molecule has 2 heterocycles. The third-order valence-electron chi connectivity index (χ3n) is 5.20. The van der Waals surface area contributed by atoms with Gasteiger partial charge in [-0.3, -0.25) is 14.6 Å². The number of hydrogen-bond donors (Lipinski definition) is 2. The first-order chi connectivity index (χ1) is 9.67. The standard InChI is InChI=1S/C14H19N3O2S/c18-11-14(4-1-5-15-11)12(19)17-13(20-14)16-10-7-8-2-3-9(10)6-8/h8-10H,1-7H2,(H,15,18)(H,16,17,19)/t8-,9-,10-,14?/m1/s1. The van der Waals surface area contributed by atoms with Crippen LogP contribution in [-0.2, 0) is 9.59 Å². The molecule has 4 atom stereocenters. The zero-order valence-electron chi connectivity index (χ0n) is 11.4. The highest BCUT2D eigenvalue weighted by atomic mass is 32.2. The Labute approximate surface area is 122 Å². The van der Waals surface area contributed by atoms with Gasteiger partial charge >= 0.3 is 0 Å². The van der Waals surface area contributed by atoms with Crippen LogP contribution < -0.4 is 10.6 Å². The molecule has 4 fully saturated rings. The summed E-state index contributed by atoms with van der Waals surface area (Å²) in [5.41, 5.74) is 0. The average Bonchev–Trinajstić information content (AvgIpc) is 3.10. The van der Waals surface area contributed by atoms with E-state index in [1.165, 1.54) is 31.0 Å². The Bertz CT molecular complexity index is 507. The predicted octanol–water partition coefficient (Wildman–Crippen LogP) is 1.04. The second-order valence-electron chi connectivity index (χ2n) is 6.42. The molecule has 1 spiro atoms. The molecule has 0 radical (unpaired) electrons. The quantitative estimate of drug-likeness (QED) is 0.710. The maximum atomic E-state index is 12.2. The normalized spacial score (nSPS) is 45.2. The van der Waals surface area contributed by atoms with Crippen molar-refractivity contribution in [3.63, 3.8) is 0 Å². The van der Waals surface area contributed by atoms with Gasteiger partial charge in [-0.05, 0) is 43.9 Å². The topological polar surface area (TPSA) is 70.6 Å². The van der Waals surface area contributed by atoms with Gasteiger partial charge in [-0.2, -0.15) is 0 Å². The highest BCUT2D eigenvalue weighted by Gasteiger charge is 2.54. The molecule has 2 N–H and O–H groups in total. The molecule has 2 saturated heterocycles. The summed E-state index contributed by atoms with van der Waals surface area (Å²) in [4.78, 5) is 29.1. The Kier molecular flexibility index (Phi) is 2.84. The monoisotopic (exact) mass is 293 g/mol. The van der Waals surface area contributed by atoms with Gasteiger partial charge in [0, 0.05) is 6.54 Å². The van der Waals surface area contributed by atoms with Gasteiger partial charge in [0.25, 0.3) is 5.91 Å². The molecule has 2 aliphatic carbocycles. The minimum atomic E-state index is -0.950. The Hall–Kier alpha value is -1.04. The highest BCUT2D eigenvalue weighted by Crippen LogP contribution is 2.47. The summed E-state index contributed by atoms with van der Waals surface area (Å²) in [7, 11) is 0. The van der Waals surface area contributed by atoms with Crippen LogP contribution in [0.5, 0.6) is 0 Å². The van der Waals surface area contributed by atoms with E-state index in [1.807, 2.05) is 0 Å².